The van der Waals surface area contributed by atoms with Crippen LogP contribution in [0.1, 0.15) is 38.1 Å². The van der Waals surface area contributed by atoms with Gasteiger partial charge in [-0.1, -0.05) is 32.9 Å². The Labute approximate surface area is 96.5 Å². The van der Waals surface area contributed by atoms with Crippen molar-refractivity contribution in [2.24, 2.45) is 5.41 Å². The summed E-state index contributed by atoms with van der Waals surface area (Å²) in [6.07, 6.45) is 0. The number of para-hydroxylation sites is 1. The molecule has 1 rings (SSSR count). The van der Waals surface area contributed by atoms with Gasteiger partial charge in [-0.3, -0.25) is 0 Å². The van der Waals surface area contributed by atoms with Crippen LogP contribution in [0.3, 0.4) is 0 Å². The van der Waals surface area contributed by atoms with E-state index in [4.69, 9.17) is 5.11 Å². The van der Waals surface area contributed by atoms with Gasteiger partial charge in [-0.25, -0.2) is 4.79 Å². The molecule has 0 fully saturated rings. The minimum Gasteiger partial charge on any atom is -0.478 e. The number of hydrogen-bond acceptors (Lipinski definition) is 2. The summed E-state index contributed by atoms with van der Waals surface area (Å²) in [6, 6.07) is 7.18. The molecule has 3 nitrogen and oxygen atoms in total. The van der Waals surface area contributed by atoms with Crippen molar-refractivity contribution in [2.45, 2.75) is 33.7 Å². The summed E-state index contributed by atoms with van der Waals surface area (Å²) < 4.78 is 0. The van der Waals surface area contributed by atoms with Crippen LogP contribution < -0.4 is 5.32 Å². The molecule has 2 N–H and O–H groups in total. The van der Waals surface area contributed by atoms with Crippen LogP contribution in [0.25, 0.3) is 0 Å². The van der Waals surface area contributed by atoms with Crippen molar-refractivity contribution >= 4 is 11.7 Å². The molecule has 0 aromatic heterocycles. The van der Waals surface area contributed by atoms with Gasteiger partial charge in [0.15, 0.2) is 0 Å². The molecule has 0 heterocycles. The molecule has 0 aliphatic heterocycles. The maximum atomic E-state index is 11.0. The number of carboxylic acids is 1. The monoisotopic (exact) mass is 221 g/mol. The zero-order chi connectivity index (χ0) is 12.3. The molecule has 16 heavy (non-hydrogen) atoms. The minimum atomic E-state index is -0.899. The summed E-state index contributed by atoms with van der Waals surface area (Å²) in [5.41, 5.74) is 1.09. The maximum Gasteiger partial charge on any atom is 0.337 e. The number of nitrogens with one attached hydrogen (secondary N) is 1. The molecule has 0 spiro atoms. The molecule has 0 aliphatic carbocycles. The lowest BCUT2D eigenvalue weighted by Crippen LogP contribution is -2.31. The first-order chi connectivity index (χ1) is 7.32. The van der Waals surface area contributed by atoms with E-state index < -0.39 is 5.97 Å². The molecule has 0 aliphatic rings. The van der Waals surface area contributed by atoms with E-state index >= 15 is 0 Å². The molecule has 0 radical (unpaired) electrons. The van der Waals surface area contributed by atoms with Gasteiger partial charge in [0.25, 0.3) is 0 Å². The van der Waals surface area contributed by atoms with Crippen LogP contribution >= 0.6 is 0 Å². The van der Waals surface area contributed by atoms with Crippen molar-refractivity contribution in [3.05, 3.63) is 29.8 Å². The lowest BCUT2D eigenvalue weighted by Gasteiger charge is -2.29. The highest BCUT2D eigenvalue weighted by atomic mass is 16.4. The van der Waals surface area contributed by atoms with Gasteiger partial charge in [0.1, 0.15) is 0 Å². The third kappa shape index (κ3) is 2.99. The summed E-state index contributed by atoms with van der Waals surface area (Å²) in [6.45, 7) is 8.41. The van der Waals surface area contributed by atoms with Crippen LogP contribution in [0.15, 0.2) is 24.3 Å². The van der Waals surface area contributed by atoms with E-state index in [0.29, 0.717) is 11.3 Å². The second kappa shape index (κ2) is 4.56. The lowest BCUT2D eigenvalue weighted by molar-refractivity contribution is 0.0698. The fourth-order valence-corrected chi connectivity index (χ4v) is 1.25. The fraction of sp³-hybridized carbons (Fsp3) is 0.462. The quantitative estimate of drug-likeness (QED) is 0.823. The van der Waals surface area contributed by atoms with Crippen LogP contribution in [-0.2, 0) is 0 Å². The molecule has 1 atom stereocenters. The fourth-order valence-electron chi connectivity index (χ4n) is 1.25. The standard InChI is InChI=1S/C13H19NO2/c1-9(13(2,3)4)14-11-8-6-5-7-10(11)12(15)16/h5-9,14H,1-4H3,(H,15,16). The molecule has 0 amide bonds. The predicted molar refractivity (Wildman–Crippen MR) is 65.9 cm³/mol. The number of hydrogen-bond donors (Lipinski definition) is 2. The molecular formula is C13H19NO2. The number of carbonyl (C=O) groups is 1. The van der Waals surface area contributed by atoms with E-state index in [-0.39, 0.29) is 11.5 Å². The van der Waals surface area contributed by atoms with Crippen LogP contribution in [0.2, 0.25) is 0 Å². The van der Waals surface area contributed by atoms with Gasteiger partial charge in [0.05, 0.1) is 5.56 Å². The van der Waals surface area contributed by atoms with Gasteiger partial charge in [0.2, 0.25) is 0 Å². The van der Waals surface area contributed by atoms with E-state index in [9.17, 15) is 4.79 Å². The first-order valence-corrected chi connectivity index (χ1v) is 5.41. The molecule has 1 aromatic carbocycles. The van der Waals surface area contributed by atoms with Crippen LogP contribution in [0.4, 0.5) is 5.69 Å². The Kier molecular flexibility index (Phi) is 3.58. The second-order valence-electron chi connectivity index (χ2n) is 5.08. The number of aromatic carboxylic acids is 1. The second-order valence-corrected chi connectivity index (χ2v) is 5.08. The van der Waals surface area contributed by atoms with Crippen LogP contribution in [-0.4, -0.2) is 17.1 Å². The van der Waals surface area contributed by atoms with Crippen molar-refractivity contribution in [3.8, 4) is 0 Å². The van der Waals surface area contributed by atoms with Gasteiger partial charge < -0.3 is 10.4 Å². The van der Waals surface area contributed by atoms with Gasteiger partial charge in [0, 0.05) is 11.7 Å². The molecule has 3 heteroatoms. The predicted octanol–water partition coefficient (Wildman–Crippen LogP) is 3.23. The van der Waals surface area contributed by atoms with Crippen molar-refractivity contribution in [2.75, 3.05) is 5.32 Å². The number of carboxylic acid groups (broad SMARTS) is 1. The number of rotatable bonds is 3. The normalized spacial score (nSPS) is 13.2. The maximum absolute atomic E-state index is 11.0. The van der Waals surface area contributed by atoms with Gasteiger partial charge in [-0.15, -0.1) is 0 Å². The number of anilines is 1. The molecule has 1 unspecified atom stereocenters. The third-order valence-electron chi connectivity index (χ3n) is 2.83. The van der Waals surface area contributed by atoms with Crippen molar-refractivity contribution < 1.29 is 9.90 Å². The van der Waals surface area contributed by atoms with Crippen molar-refractivity contribution in [1.82, 2.24) is 0 Å². The Morgan fingerprint density at radius 1 is 1.31 bits per heavy atom. The highest BCUT2D eigenvalue weighted by molar-refractivity contribution is 5.94. The Morgan fingerprint density at radius 2 is 1.88 bits per heavy atom. The van der Waals surface area contributed by atoms with Gasteiger partial charge >= 0.3 is 5.97 Å². The van der Waals surface area contributed by atoms with E-state index in [2.05, 4.69) is 33.0 Å². The average molecular weight is 221 g/mol. The highest BCUT2D eigenvalue weighted by Crippen LogP contribution is 2.24. The summed E-state index contributed by atoms with van der Waals surface area (Å²) >= 11 is 0. The Morgan fingerprint density at radius 3 is 2.38 bits per heavy atom. The van der Waals surface area contributed by atoms with Crippen molar-refractivity contribution in [3.63, 3.8) is 0 Å². The summed E-state index contributed by atoms with van der Waals surface area (Å²) in [5, 5.41) is 12.3. The zero-order valence-corrected chi connectivity index (χ0v) is 10.2. The lowest BCUT2D eigenvalue weighted by atomic mass is 9.88. The van der Waals surface area contributed by atoms with E-state index in [0.717, 1.165) is 0 Å². The average Bonchev–Trinajstić information content (AvgIpc) is 2.16. The van der Waals surface area contributed by atoms with E-state index in [1.54, 1.807) is 18.2 Å². The Bertz CT molecular complexity index is 380. The zero-order valence-electron chi connectivity index (χ0n) is 10.2. The molecule has 0 saturated heterocycles. The van der Waals surface area contributed by atoms with E-state index in [1.165, 1.54) is 0 Å². The van der Waals surface area contributed by atoms with Crippen LogP contribution in [0.5, 0.6) is 0 Å². The Hall–Kier alpha value is -1.51. The largest absolute Gasteiger partial charge is 0.478 e. The summed E-state index contributed by atoms with van der Waals surface area (Å²) in [4.78, 5) is 11.0. The molecule has 1 aromatic rings. The summed E-state index contributed by atoms with van der Waals surface area (Å²) in [5.74, 6) is -0.899. The Balaban J connectivity index is 2.93. The van der Waals surface area contributed by atoms with Gasteiger partial charge in [-0.05, 0) is 24.5 Å². The smallest absolute Gasteiger partial charge is 0.337 e. The first-order valence-electron chi connectivity index (χ1n) is 5.41. The van der Waals surface area contributed by atoms with E-state index in [1.807, 2.05) is 6.07 Å². The SMILES string of the molecule is CC(Nc1ccccc1C(=O)O)C(C)(C)C. The molecule has 0 saturated carbocycles. The molecule has 88 valence electrons. The highest BCUT2D eigenvalue weighted by Gasteiger charge is 2.21. The molecular weight excluding hydrogens is 202 g/mol. The summed E-state index contributed by atoms with van der Waals surface area (Å²) in [7, 11) is 0. The van der Waals surface area contributed by atoms with Crippen molar-refractivity contribution in [1.29, 1.82) is 0 Å². The molecule has 0 bridgehead atoms. The topological polar surface area (TPSA) is 49.3 Å². The third-order valence-corrected chi connectivity index (χ3v) is 2.83. The van der Waals surface area contributed by atoms with Crippen LogP contribution in [0, 0.1) is 5.41 Å². The first kappa shape index (κ1) is 12.6. The number of benzene rings is 1. The van der Waals surface area contributed by atoms with Gasteiger partial charge in [-0.2, -0.15) is 0 Å². The minimum absolute atomic E-state index is 0.0889.